The number of carbonyl (C=O) groups excluding carboxylic acids is 2. The number of morpholine rings is 1. The Morgan fingerprint density at radius 1 is 1.13 bits per heavy atom. The van der Waals surface area contributed by atoms with Crippen LogP contribution in [0.4, 0.5) is 0 Å². The highest BCUT2D eigenvalue weighted by Crippen LogP contribution is 2.20. The molecule has 1 aliphatic rings. The van der Waals surface area contributed by atoms with Gasteiger partial charge < -0.3 is 14.4 Å². The Hall–Kier alpha value is -2.55. The van der Waals surface area contributed by atoms with Gasteiger partial charge in [0.05, 0.1) is 19.4 Å². The minimum Gasteiger partial charge on any atom is -0.484 e. The monoisotopic (exact) mass is 461 g/mol. The molecule has 3 rings (SSSR count). The first-order valence-electron chi connectivity index (χ1n) is 9.89. The van der Waals surface area contributed by atoms with Crippen LogP contribution in [0.3, 0.4) is 0 Å². The third-order valence-corrected chi connectivity index (χ3v) is 5.69. The first kappa shape index (κ1) is 23.1. The summed E-state index contributed by atoms with van der Waals surface area (Å²) in [6, 6.07) is 14.6. The van der Waals surface area contributed by atoms with Crippen LogP contribution in [-0.2, 0) is 14.3 Å². The standard InChI is InChI=1S/C22H24ClN3O4S/c23-18-3-7-20(8-4-18)31-14-9-21(27)25-24-15-17-1-5-19(6-2-17)30-16-22(28)26-10-12-29-13-11-26/h1-8,15H,9-14,16H2,(H,25,27)/b24-15+. The zero-order valence-corrected chi connectivity index (χ0v) is 18.5. The Bertz CT molecular complexity index is 885. The van der Waals surface area contributed by atoms with E-state index >= 15 is 0 Å². The second-order valence-corrected chi connectivity index (χ2v) is 8.30. The molecule has 2 aromatic carbocycles. The lowest BCUT2D eigenvalue weighted by atomic mass is 10.2. The zero-order chi connectivity index (χ0) is 21.9. The Kier molecular flexibility index (Phi) is 9.20. The van der Waals surface area contributed by atoms with Crippen molar-refractivity contribution in [1.29, 1.82) is 0 Å². The molecule has 2 aromatic rings. The van der Waals surface area contributed by atoms with E-state index in [1.165, 1.54) is 0 Å². The highest BCUT2D eigenvalue weighted by molar-refractivity contribution is 7.99. The summed E-state index contributed by atoms with van der Waals surface area (Å²) in [5, 5.41) is 4.67. The zero-order valence-electron chi connectivity index (χ0n) is 17.0. The molecule has 0 unspecified atom stereocenters. The van der Waals surface area contributed by atoms with E-state index in [0.717, 1.165) is 10.5 Å². The minimum atomic E-state index is -0.153. The molecule has 0 aliphatic carbocycles. The molecule has 1 saturated heterocycles. The van der Waals surface area contributed by atoms with Gasteiger partial charge in [-0.2, -0.15) is 5.10 Å². The molecule has 9 heteroatoms. The molecule has 2 amide bonds. The Balaban J connectivity index is 1.34. The maximum Gasteiger partial charge on any atom is 0.260 e. The molecule has 1 fully saturated rings. The average molecular weight is 462 g/mol. The van der Waals surface area contributed by atoms with E-state index in [-0.39, 0.29) is 18.4 Å². The SMILES string of the molecule is O=C(CCSc1ccc(Cl)cc1)N/N=C/c1ccc(OCC(=O)N2CCOCC2)cc1. The smallest absolute Gasteiger partial charge is 0.260 e. The molecule has 0 spiro atoms. The quantitative estimate of drug-likeness (QED) is 0.352. The van der Waals surface area contributed by atoms with Gasteiger partial charge in [-0.1, -0.05) is 11.6 Å². The maximum atomic E-state index is 12.1. The molecular formula is C22H24ClN3O4S. The number of hydrogen-bond acceptors (Lipinski definition) is 6. The summed E-state index contributed by atoms with van der Waals surface area (Å²) in [6.45, 7) is 2.33. The number of carbonyl (C=O) groups is 2. The number of benzene rings is 2. The van der Waals surface area contributed by atoms with Crippen LogP contribution in [0.25, 0.3) is 0 Å². The molecule has 1 aliphatic heterocycles. The second-order valence-electron chi connectivity index (χ2n) is 6.70. The Labute approximate surface area is 190 Å². The summed E-state index contributed by atoms with van der Waals surface area (Å²) in [6.07, 6.45) is 1.92. The normalized spacial score (nSPS) is 13.9. The topological polar surface area (TPSA) is 80.2 Å². The molecule has 31 heavy (non-hydrogen) atoms. The third-order valence-electron chi connectivity index (χ3n) is 4.42. The van der Waals surface area contributed by atoms with Gasteiger partial charge >= 0.3 is 0 Å². The lowest BCUT2D eigenvalue weighted by molar-refractivity contribution is -0.137. The van der Waals surface area contributed by atoms with E-state index in [2.05, 4.69) is 10.5 Å². The van der Waals surface area contributed by atoms with E-state index in [1.54, 1.807) is 47.1 Å². The summed E-state index contributed by atoms with van der Waals surface area (Å²) in [5.74, 6) is 1.05. The van der Waals surface area contributed by atoms with Crippen molar-refractivity contribution < 1.29 is 19.1 Å². The number of rotatable bonds is 9. The number of hydrogen-bond donors (Lipinski definition) is 1. The molecule has 7 nitrogen and oxygen atoms in total. The highest BCUT2D eigenvalue weighted by atomic mass is 35.5. The fourth-order valence-corrected chi connectivity index (χ4v) is 3.70. The van der Waals surface area contributed by atoms with Crippen LogP contribution in [0.1, 0.15) is 12.0 Å². The molecule has 0 radical (unpaired) electrons. The molecular weight excluding hydrogens is 438 g/mol. The lowest BCUT2D eigenvalue weighted by Gasteiger charge is -2.26. The third kappa shape index (κ3) is 8.24. The van der Waals surface area contributed by atoms with Crippen LogP contribution in [0, 0.1) is 0 Å². The van der Waals surface area contributed by atoms with Gasteiger partial charge in [0.1, 0.15) is 5.75 Å². The number of hydrazone groups is 1. The summed E-state index contributed by atoms with van der Waals surface area (Å²) in [4.78, 5) is 26.8. The fourth-order valence-electron chi connectivity index (χ4n) is 2.73. The van der Waals surface area contributed by atoms with Crippen molar-refractivity contribution in [3.63, 3.8) is 0 Å². The largest absolute Gasteiger partial charge is 0.484 e. The van der Waals surface area contributed by atoms with E-state index in [4.69, 9.17) is 21.1 Å². The molecule has 0 atom stereocenters. The van der Waals surface area contributed by atoms with Crippen LogP contribution >= 0.6 is 23.4 Å². The molecule has 1 N–H and O–H groups in total. The molecule has 1 heterocycles. The summed E-state index contributed by atoms with van der Waals surface area (Å²) in [7, 11) is 0. The Morgan fingerprint density at radius 2 is 1.84 bits per heavy atom. The van der Waals surface area contributed by atoms with Gasteiger partial charge in [-0.3, -0.25) is 9.59 Å². The van der Waals surface area contributed by atoms with Gasteiger partial charge in [-0.05, 0) is 54.1 Å². The van der Waals surface area contributed by atoms with Gasteiger partial charge in [0.15, 0.2) is 6.61 Å². The van der Waals surface area contributed by atoms with Crippen molar-refractivity contribution in [3.8, 4) is 5.75 Å². The van der Waals surface area contributed by atoms with E-state index in [1.807, 2.05) is 24.3 Å². The van der Waals surface area contributed by atoms with Crippen LogP contribution in [0.15, 0.2) is 58.5 Å². The predicted molar refractivity (Wildman–Crippen MR) is 122 cm³/mol. The van der Waals surface area contributed by atoms with E-state index in [9.17, 15) is 9.59 Å². The van der Waals surface area contributed by atoms with E-state index < -0.39 is 0 Å². The molecule has 0 aromatic heterocycles. The number of thioether (sulfide) groups is 1. The van der Waals surface area contributed by atoms with Crippen LogP contribution in [-0.4, -0.2) is 61.6 Å². The number of halogens is 1. The van der Waals surface area contributed by atoms with Crippen molar-refractivity contribution in [3.05, 3.63) is 59.1 Å². The minimum absolute atomic E-state index is 0.00245. The van der Waals surface area contributed by atoms with Crippen molar-refractivity contribution in [2.24, 2.45) is 5.10 Å². The van der Waals surface area contributed by atoms with Gasteiger partial charge in [-0.15, -0.1) is 11.8 Å². The van der Waals surface area contributed by atoms with Crippen LogP contribution in [0.5, 0.6) is 5.75 Å². The van der Waals surface area contributed by atoms with Crippen LogP contribution in [0.2, 0.25) is 5.02 Å². The van der Waals surface area contributed by atoms with Crippen molar-refractivity contribution >= 4 is 41.4 Å². The fraction of sp³-hybridized carbons (Fsp3) is 0.318. The van der Waals surface area contributed by atoms with Crippen LogP contribution < -0.4 is 10.2 Å². The number of amides is 2. The summed E-state index contributed by atoms with van der Waals surface area (Å²) in [5.41, 5.74) is 3.33. The second kappa shape index (κ2) is 12.3. The van der Waals surface area contributed by atoms with Crippen molar-refractivity contribution in [1.82, 2.24) is 10.3 Å². The molecule has 0 saturated carbocycles. The predicted octanol–water partition coefficient (Wildman–Crippen LogP) is 3.21. The first-order valence-corrected chi connectivity index (χ1v) is 11.3. The maximum absolute atomic E-state index is 12.1. The number of nitrogens with zero attached hydrogens (tertiary/aromatic N) is 2. The Morgan fingerprint density at radius 3 is 2.55 bits per heavy atom. The van der Waals surface area contributed by atoms with Gasteiger partial charge in [0.25, 0.3) is 5.91 Å². The van der Waals surface area contributed by atoms with Crippen molar-refractivity contribution in [2.75, 3.05) is 38.7 Å². The average Bonchev–Trinajstić information content (AvgIpc) is 2.80. The molecule has 164 valence electrons. The number of nitrogens with one attached hydrogen (secondary N) is 1. The first-order chi connectivity index (χ1) is 15.1. The summed E-state index contributed by atoms with van der Waals surface area (Å²) >= 11 is 7.44. The molecule has 0 bridgehead atoms. The van der Waals surface area contributed by atoms with Gasteiger partial charge in [0.2, 0.25) is 5.91 Å². The van der Waals surface area contributed by atoms with E-state index in [0.29, 0.717) is 49.2 Å². The lowest BCUT2D eigenvalue weighted by Crippen LogP contribution is -2.42. The van der Waals surface area contributed by atoms with Crippen molar-refractivity contribution in [2.45, 2.75) is 11.3 Å². The van der Waals surface area contributed by atoms with Gasteiger partial charge in [-0.25, -0.2) is 5.43 Å². The highest BCUT2D eigenvalue weighted by Gasteiger charge is 2.17. The number of ether oxygens (including phenoxy) is 2. The summed E-state index contributed by atoms with van der Waals surface area (Å²) < 4.78 is 10.8. The van der Waals surface area contributed by atoms with Gasteiger partial charge in [0, 0.05) is 35.2 Å².